The zero-order valence-electron chi connectivity index (χ0n) is 12.4. The van der Waals surface area contributed by atoms with Gasteiger partial charge in [0.1, 0.15) is 5.69 Å². The van der Waals surface area contributed by atoms with Crippen LogP contribution in [0.2, 0.25) is 0 Å². The second-order valence-corrected chi connectivity index (χ2v) is 6.27. The summed E-state index contributed by atoms with van der Waals surface area (Å²) in [5.41, 5.74) is -0.131. The number of hydrogen-bond donors (Lipinski definition) is 1. The fourth-order valence-corrected chi connectivity index (χ4v) is 3.15. The zero-order chi connectivity index (χ0) is 16.2. The molecule has 0 aromatic carbocycles. The highest BCUT2D eigenvalue weighted by Gasteiger charge is 2.25. The Kier molecular flexibility index (Phi) is 4.52. The van der Waals surface area contributed by atoms with Crippen LogP contribution in [-0.2, 0) is 11.2 Å². The molecular formula is C15H16N4O3S. The van der Waals surface area contributed by atoms with E-state index in [4.69, 9.17) is 0 Å². The van der Waals surface area contributed by atoms with Crippen LogP contribution in [0.1, 0.15) is 15.4 Å². The van der Waals surface area contributed by atoms with E-state index in [1.165, 1.54) is 12.1 Å². The molecule has 8 heteroatoms. The Morgan fingerprint density at radius 3 is 2.48 bits per heavy atom. The van der Waals surface area contributed by atoms with Crippen LogP contribution in [0.5, 0.6) is 0 Å². The largest absolute Gasteiger partial charge is 0.339 e. The smallest absolute Gasteiger partial charge is 0.274 e. The van der Waals surface area contributed by atoms with Crippen molar-refractivity contribution in [2.24, 2.45) is 0 Å². The first kappa shape index (κ1) is 15.4. The molecule has 1 saturated heterocycles. The number of carbonyl (C=O) groups excluding carboxylic acids is 2. The second-order valence-electron chi connectivity index (χ2n) is 5.24. The minimum atomic E-state index is -0.342. The molecule has 0 unspecified atom stereocenters. The van der Waals surface area contributed by atoms with Gasteiger partial charge in [-0.3, -0.25) is 14.4 Å². The van der Waals surface area contributed by atoms with E-state index >= 15 is 0 Å². The average Bonchev–Trinajstić information content (AvgIpc) is 3.08. The van der Waals surface area contributed by atoms with E-state index in [1.807, 2.05) is 17.5 Å². The second kappa shape index (κ2) is 6.74. The number of aromatic amines is 1. The highest BCUT2D eigenvalue weighted by Crippen LogP contribution is 2.12. The molecule has 2 aromatic rings. The van der Waals surface area contributed by atoms with Gasteiger partial charge in [0.15, 0.2) is 0 Å². The van der Waals surface area contributed by atoms with Gasteiger partial charge < -0.3 is 9.80 Å². The molecule has 7 nitrogen and oxygen atoms in total. The third kappa shape index (κ3) is 3.65. The Morgan fingerprint density at radius 2 is 1.87 bits per heavy atom. The number of amides is 2. The number of H-pyrrole nitrogens is 1. The molecule has 2 aromatic heterocycles. The van der Waals surface area contributed by atoms with Crippen LogP contribution in [0.4, 0.5) is 0 Å². The number of carbonyl (C=O) groups is 2. The quantitative estimate of drug-likeness (QED) is 0.879. The van der Waals surface area contributed by atoms with Gasteiger partial charge in [0.2, 0.25) is 5.91 Å². The molecule has 1 aliphatic rings. The summed E-state index contributed by atoms with van der Waals surface area (Å²) in [6, 6.07) is 6.57. The Morgan fingerprint density at radius 1 is 1.13 bits per heavy atom. The molecule has 23 heavy (non-hydrogen) atoms. The van der Waals surface area contributed by atoms with Crippen molar-refractivity contribution in [1.82, 2.24) is 20.0 Å². The van der Waals surface area contributed by atoms with Gasteiger partial charge in [-0.1, -0.05) is 6.07 Å². The number of hydrogen-bond acceptors (Lipinski definition) is 5. The fourth-order valence-electron chi connectivity index (χ4n) is 2.46. The Labute approximate surface area is 136 Å². The van der Waals surface area contributed by atoms with E-state index < -0.39 is 0 Å². The van der Waals surface area contributed by atoms with Crippen LogP contribution in [0.3, 0.4) is 0 Å². The van der Waals surface area contributed by atoms with Gasteiger partial charge in [0.05, 0.1) is 6.42 Å². The van der Waals surface area contributed by atoms with Crippen molar-refractivity contribution in [1.29, 1.82) is 0 Å². The van der Waals surface area contributed by atoms with E-state index in [-0.39, 0.29) is 23.1 Å². The van der Waals surface area contributed by atoms with Gasteiger partial charge >= 0.3 is 0 Å². The normalized spacial score (nSPS) is 14.8. The van der Waals surface area contributed by atoms with E-state index in [1.54, 1.807) is 21.1 Å². The maximum atomic E-state index is 12.3. The van der Waals surface area contributed by atoms with Crippen LogP contribution in [0.25, 0.3) is 0 Å². The lowest BCUT2D eigenvalue weighted by Crippen LogP contribution is -2.51. The lowest BCUT2D eigenvalue weighted by atomic mass is 10.2. The minimum absolute atomic E-state index is 0.0849. The molecule has 120 valence electrons. The fraction of sp³-hybridized carbons (Fsp3) is 0.333. The van der Waals surface area contributed by atoms with Crippen molar-refractivity contribution in [3.05, 3.63) is 50.6 Å². The van der Waals surface area contributed by atoms with Crippen molar-refractivity contribution in [3.63, 3.8) is 0 Å². The van der Waals surface area contributed by atoms with Crippen molar-refractivity contribution in [2.75, 3.05) is 26.2 Å². The molecule has 0 spiro atoms. The molecule has 0 atom stereocenters. The third-order valence-corrected chi connectivity index (χ3v) is 4.60. The molecule has 0 saturated carbocycles. The molecule has 1 fully saturated rings. The van der Waals surface area contributed by atoms with Crippen LogP contribution in [0.15, 0.2) is 34.4 Å². The topological polar surface area (TPSA) is 86.4 Å². The van der Waals surface area contributed by atoms with Gasteiger partial charge in [0.25, 0.3) is 11.5 Å². The molecule has 3 rings (SSSR count). The molecular weight excluding hydrogens is 316 g/mol. The number of nitrogens with one attached hydrogen (secondary N) is 1. The van der Waals surface area contributed by atoms with Gasteiger partial charge in [-0.15, -0.1) is 11.3 Å². The minimum Gasteiger partial charge on any atom is -0.339 e. The van der Waals surface area contributed by atoms with Gasteiger partial charge in [-0.05, 0) is 17.5 Å². The van der Waals surface area contributed by atoms with Crippen LogP contribution >= 0.6 is 11.3 Å². The maximum Gasteiger partial charge on any atom is 0.274 e. The van der Waals surface area contributed by atoms with E-state index in [9.17, 15) is 14.4 Å². The van der Waals surface area contributed by atoms with Gasteiger partial charge in [0, 0.05) is 37.1 Å². The van der Waals surface area contributed by atoms with Crippen molar-refractivity contribution in [2.45, 2.75) is 6.42 Å². The summed E-state index contributed by atoms with van der Waals surface area (Å²) in [6.45, 7) is 1.96. The lowest BCUT2D eigenvalue weighted by Gasteiger charge is -2.34. The predicted octanol–water partition coefficient (Wildman–Crippen LogP) is 0.358. The molecule has 0 radical (unpaired) electrons. The Balaban J connectivity index is 1.55. The van der Waals surface area contributed by atoms with Crippen molar-refractivity contribution >= 4 is 23.2 Å². The maximum absolute atomic E-state index is 12.3. The summed E-state index contributed by atoms with van der Waals surface area (Å²) in [4.78, 5) is 40.0. The molecule has 0 bridgehead atoms. The molecule has 1 aliphatic heterocycles. The van der Waals surface area contributed by atoms with Crippen molar-refractivity contribution < 1.29 is 9.59 Å². The highest BCUT2D eigenvalue weighted by molar-refractivity contribution is 7.10. The van der Waals surface area contributed by atoms with Crippen LogP contribution in [0, 0.1) is 0 Å². The van der Waals surface area contributed by atoms with Gasteiger partial charge in [-0.25, -0.2) is 5.10 Å². The number of aromatic nitrogens is 2. The van der Waals surface area contributed by atoms with E-state index in [2.05, 4.69) is 10.2 Å². The first-order valence-corrected chi connectivity index (χ1v) is 8.16. The van der Waals surface area contributed by atoms with E-state index in [0.717, 1.165) is 4.88 Å². The summed E-state index contributed by atoms with van der Waals surface area (Å²) in [5.74, 6) is -0.145. The van der Waals surface area contributed by atoms with Crippen molar-refractivity contribution in [3.8, 4) is 0 Å². The Hall–Kier alpha value is -2.48. The standard InChI is InChI=1S/C15H16N4O3S/c20-13-4-3-12(16-17-13)15(22)19-7-5-18(6-8-19)14(21)10-11-2-1-9-23-11/h1-4,9H,5-8,10H2,(H,17,20). The summed E-state index contributed by atoms with van der Waals surface area (Å²) >= 11 is 1.57. The third-order valence-electron chi connectivity index (χ3n) is 3.72. The summed E-state index contributed by atoms with van der Waals surface area (Å²) < 4.78 is 0. The predicted molar refractivity (Wildman–Crippen MR) is 85.4 cm³/mol. The molecule has 3 heterocycles. The molecule has 0 aliphatic carbocycles. The molecule has 1 N–H and O–H groups in total. The first-order valence-electron chi connectivity index (χ1n) is 7.28. The Bertz CT molecular complexity index is 728. The first-order chi connectivity index (χ1) is 11.1. The summed E-state index contributed by atoms with van der Waals surface area (Å²) in [7, 11) is 0. The van der Waals surface area contributed by atoms with Crippen LogP contribution < -0.4 is 5.56 Å². The summed E-state index contributed by atoms with van der Waals surface area (Å²) in [6.07, 6.45) is 0.410. The SMILES string of the molecule is O=C(Cc1cccs1)N1CCN(C(=O)c2ccc(=O)[nH]n2)CC1. The van der Waals surface area contributed by atoms with Crippen LogP contribution in [-0.4, -0.2) is 58.0 Å². The molecule has 2 amide bonds. The van der Waals surface area contributed by atoms with E-state index in [0.29, 0.717) is 32.6 Å². The number of thiophene rings is 1. The monoisotopic (exact) mass is 332 g/mol. The lowest BCUT2D eigenvalue weighted by molar-refractivity contribution is -0.131. The zero-order valence-corrected chi connectivity index (χ0v) is 13.2. The average molecular weight is 332 g/mol. The number of piperazine rings is 1. The highest BCUT2D eigenvalue weighted by atomic mass is 32.1. The number of nitrogens with zero attached hydrogens (tertiary/aromatic N) is 3. The summed E-state index contributed by atoms with van der Waals surface area (Å²) in [5, 5.41) is 7.96. The number of rotatable bonds is 3. The van der Waals surface area contributed by atoms with Gasteiger partial charge in [-0.2, -0.15) is 5.10 Å².